The van der Waals surface area contributed by atoms with Crippen molar-refractivity contribution in [2.24, 2.45) is 0 Å². The van der Waals surface area contributed by atoms with Crippen LogP contribution in [0.4, 0.5) is 0 Å². The Labute approximate surface area is 111 Å². The molecule has 0 saturated heterocycles. The van der Waals surface area contributed by atoms with E-state index in [1.807, 2.05) is 12.1 Å². The predicted molar refractivity (Wildman–Crippen MR) is 76.3 cm³/mol. The minimum absolute atomic E-state index is 0.620. The molecule has 0 unspecified atom stereocenters. The fraction of sp³-hybridized carbons (Fsp3) is 0.625. The summed E-state index contributed by atoms with van der Waals surface area (Å²) in [6.07, 6.45) is 17.0. The number of rotatable bonds is 9. The van der Waals surface area contributed by atoms with E-state index in [1.54, 1.807) is 0 Å². The molecule has 0 N–H and O–H groups in total. The maximum atomic E-state index is 5.24. The average Bonchev–Trinajstić information content (AvgIpc) is 2.42. The highest BCUT2D eigenvalue weighted by molar-refractivity contribution is 5.23. The van der Waals surface area contributed by atoms with E-state index in [4.69, 9.17) is 6.42 Å². The van der Waals surface area contributed by atoms with E-state index in [-0.39, 0.29) is 0 Å². The molecule has 18 heavy (non-hydrogen) atoms. The van der Waals surface area contributed by atoms with Crippen LogP contribution in [0.25, 0.3) is 0 Å². The number of nitrogens with zero attached hydrogens (tertiary/aromatic N) is 2. The van der Waals surface area contributed by atoms with E-state index in [0.29, 0.717) is 5.69 Å². The number of unbranched alkanes of at least 4 members (excludes halogenated alkanes) is 7. The van der Waals surface area contributed by atoms with Gasteiger partial charge in [-0.2, -0.15) is 5.10 Å². The van der Waals surface area contributed by atoms with E-state index < -0.39 is 0 Å². The third-order valence-electron chi connectivity index (χ3n) is 3.15. The third-order valence-corrected chi connectivity index (χ3v) is 3.15. The molecule has 0 aliphatic heterocycles. The van der Waals surface area contributed by atoms with Gasteiger partial charge in [0.2, 0.25) is 0 Å². The van der Waals surface area contributed by atoms with Crippen molar-refractivity contribution in [3.8, 4) is 12.3 Å². The van der Waals surface area contributed by atoms with Gasteiger partial charge in [-0.15, -0.1) is 11.5 Å². The van der Waals surface area contributed by atoms with E-state index in [9.17, 15) is 0 Å². The minimum atomic E-state index is 0.620. The SMILES string of the molecule is C#Cc1ccc(CCCCCCCCCC)nn1. The standard InChI is InChI=1S/C16H24N2/c1-3-5-6-7-8-9-10-11-12-16-14-13-15(4-2)17-18-16/h2,13-14H,3,5-12H2,1H3. The zero-order valence-electron chi connectivity index (χ0n) is 11.5. The quantitative estimate of drug-likeness (QED) is 0.482. The lowest BCUT2D eigenvalue weighted by Crippen LogP contribution is -1.95. The number of hydrogen-bond donors (Lipinski definition) is 0. The van der Waals surface area contributed by atoms with Gasteiger partial charge < -0.3 is 0 Å². The van der Waals surface area contributed by atoms with Crippen LogP contribution >= 0.6 is 0 Å². The first-order valence-electron chi connectivity index (χ1n) is 7.16. The lowest BCUT2D eigenvalue weighted by Gasteiger charge is -2.01. The van der Waals surface area contributed by atoms with Crippen molar-refractivity contribution in [1.29, 1.82) is 0 Å². The van der Waals surface area contributed by atoms with Gasteiger partial charge in [0.1, 0.15) is 5.69 Å². The highest BCUT2D eigenvalue weighted by Gasteiger charge is 1.97. The predicted octanol–water partition coefficient (Wildman–Crippen LogP) is 4.14. The Balaban J connectivity index is 2.02. The molecule has 0 aliphatic rings. The fourth-order valence-corrected chi connectivity index (χ4v) is 2.01. The highest BCUT2D eigenvalue weighted by Crippen LogP contribution is 2.10. The van der Waals surface area contributed by atoms with Crippen LogP contribution in [-0.4, -0.2) is 10.2 Å². The molecule has 1 aromatic heterocycles. The summed E-state index contributed by atoms with van der Waals surface area (Å²) in [5.74, 6) is 2.48. The third kappa shape index (κ3) is 6.39. The second-order valence-corrected chi connectivity index (χ2v) is 4.78. The normalized spacial score (nSPS) is 10.2. The largest absolute Gasteiger partial charge is 0.154 e. The molecule has 0 bridgehead atoms. The Morgan fingerprint density at radius 3 is 2.17 bits per heavy atom. The van der Waals surface area contributed by atoms with Crippen molar-refractivity contribution >= 4 is 0 Å². The molecule has 98 valence electrons. The highest BCUT2D eigenvalue weighted by atomic mass is 15.1. The molecule has 0 radical (unpaired) electrons. The van der Waals surface area contributed by atoms with Crippen LogP contribution in [0.3, 0.4) is 0 Å². The monoisotopic (exact) mass is 244 g/mol. The summed E-state index contributed by atoms with van der Waals surface area (Å²) >= 11 is 0. The molecule has 0 amide bonds. The Kier molecular flexibility index (Phi) is 7.88. The summed E-state index contributed by atoms with van der Waals surface area (Å²) in [7, 11) is 0. The van der Waals surface area contributed by atoms with Crippen molar-refractivity contribution in [3.05, 3.63) is 23.5 Å². The Bertz CT molecular complexity index is 348. The first-order valence-corrected chi connectivity index (χ1v) is 7.16. The van der Waals surface area contributed by atoms with Gasteiger partial charge in [0.05, 0.1) is 5.69 Å². The van der Waals surface area contributed by atoms with Crippen LogP contribution in [0.2, 0.25) is 0 Å². The second kappa shape index (κ2) is 9.65. The van der Waals surface area contributed by atoms with Crippen molar-refractivity contribution in [2.75, 3.05) is 0 Å². The van der Waals surface area contributed by atoms with E-state index in [2.05, 4.69) is 23.0 Å². The molecule has 0 atom stereocenters. The summed E-state index contributed by atoms with van der Waals surface area (Å²) in [5.41, 5.74) is 1.68. The summed E-state index contributed by atoms with van der Waals surface area (Å²) in [4.78, 5) is 0. The Morgan fingerprint density at radius 2 is 1.61 bits per heavy atom. The number of terminal acetylenes is 1. The van der Waals surface area contributed by atoms with E-state index >= 15 is 0 Å². The maximum Gasteiger partial charge on any atom is 0.135 e. The summed E-state index contributed by atoms with van der Waals surface area (Å²) in [6, 6.07) is 3.86. The van der Waals surface area contributed by atoms with Gasteiger partial charge in [-0.25, -0.2) is 0 Å². The Hall–Kier alpha value is -1.36. The van der Waals surface area contributed by atoms with E-state index in [1.165, 1.54) is 51.4 Å². The van der Waals surface area contributed by atoms with Crippen LogP contribution in [0.15, 0.2) is 12.1 Å². The summed E-state index contributed by atoms with van der Waals surface area (Å²) in [6.45, 7) is 2.26. The zero-order chi connectivity index (χ0) is 13.1. The van der Waals surface area contributed by atoms with Crippen molar-refractivity contribution in [1.82, 2.24) is 10.2 Å². The smallest absolute Gasteiger partial charge is 0.135 e. The molecule has 1 heterocycles. The molecular formula is C16H24N2. The number of aryl methyl sites for hydroxylation is 1. The van der Waals surface area contributed by atoms with Crippen LogP contribution in [0.1, 0.15) is 69.7 Å². The van der Waals surface area contributed by atoms with Gasteiger partial charge in [0, 0.05) is 0 Å². The van der Waals surface area contributed by atoms with Gasteiger partial charge in [-0.1, -0.05) is 51.9 Å². The molecule has 0 spiro atoms. The maximum absolute atomic E-state index is 5.24. The molecule has 2 heteroatoms. The molecule has 0 fully saturated rings. The zero-order valence-corrected chi connectivity index (χ0v) is 11.5. The second-order valence-electron chi connectivity index (χ2n) is 4.78. The number of aromatic nitrogens is 2. The van der Waals surface area contributed by atoms with Crippen molar-refractivity contribution in [3.63, 3.8) is 0 Å². The lowest BCUT2D eigenvalue weighted by molar-refractivity contribution is 0.573. The molecule has 2 nitrogen and oxygen atoms in total. The molecule has 0 saturated carbocycles. The van der Waals surface area contributed by atoms with Crippen molar-refractivity contribution in [2.45, 2.75) is 64.7 Å². The first kappa shape index (κ1) is 14.7. The molecule has 1 aromatic rings. The summed E-state index contributed by atoms with van der Waals surface area (Å²) in [5, 5.41) is 8.08. The fourth-order valence-electron chi connectivity index (χ4n) is 2.01. The molecule has 0 aliphatic carbocycles. The van der Waals surface area contributed by atoms with Gasteiger partial charge >= 0.3 is 0 Å². The van der Waals surface area contributed by atoms with E-state index in [0.717, 1.165) is 12.1 Å². The van der Waals surface area contributed by atoms with Gasteiger partial charge in [-0.05, 0) is 30.9 Å². The first-order chi connectivity index (χ1) is 8.86. The topological polar surface area (TPSA) is 25.8 Å². The minimum Gasteiger partial charge on any atom is -0.154 e. The molecule has 1 rings (SSSR count). The summed E-state index contributed by atoms with van der Waals surface area (Å²) < 4.78 is 0. The van der Waals surface area contributed by atoms with Crippen LogP contribution < -0.4 is 0 Å². The van der Waals surface area contributed by atoms with Crippen molar-refractivity contribution < 1.29 is 0 Å². The average molecular weight is 244 g/mol. The van der Waals surface area contributed by atoms with Crippen LogP contribution in [-0.2, 0) is 6.42 Å². The van der Waals surface area contributed by atoms with Gasteiger partial charge in [-0.3, -0.25) is 0 Å². The number of hydrogen-bond acceptors (Lipinski definition) is 2. The van der Waals surface area contributed by atoms with Gasteiger partial charge in [0.25, 0.3) is 0 Å². The Morgan fingerprint density at radius 1 is 0.944 bits per heavy atom. The molecular weight excluding hydrogens is 220 g/mol. The van der Waals surface area contributed by atoms with Gasteiger partial charge in [0.15, 0.2) is 0 Å². The molecule has 0 aromatic carbocycles. The van der Waals surface area contributed by atoms with Crippen LogP contribution in [0.5, 0.6) is 0 Å². The lowest BCUT2D eigenvalue weighted by atomic mass is 10.1. The van der Waals surface area contributed by atoms with Crippen LogP contribution in [0, 0.1) is 12.3 Å².